The minimum Gasteiger partial charge on any atom is -0.241 e. The standard InChI is InChI=1S/C10H8FNS/c1-7-6-13-10(12-7)8-3-2-4-9(11)5-8/h2-6H,1H3. The summed E-state index contributed by atoms with van der Waals surface area (Å²) in [5, 5.41) is 2.83. The van der Waals surface area contributed by atoms with Gasteiger partial charge >= 0.3 is 0 Å². The molecule has 0 amide bonds. The molecule has 1 heterocycles. The quantitative estimate of drug-likeness (QED) is 0.677. The normalized spacial score (nSPS) is 10.3. The fourth-order valence-electron chi connectivity index (χ4n) is 1.11. The Hall–Kier alpha value is -1.22. The molecule has 0 N–H and O–H groups in total. The predicted molar refractivity (Wildman–Crippen MR) is 52.2 cm³/mol. The van der Waals surface area contributed by atoms with E-state index in [4.69, 9.17) is 0 Å². The van der Waals surface area contributed by atoms with Crippen LogP contribution < -0.4 is 0 Å². The number of benzene rings is 1. The summed E-state index contributed by atoms with van der Waals surface area (Å²) in [6.07, 6.45) is 0. The molecule has 0 bridgehead atoms. The molecule has 66 valence electrons. The van der Waals surface area contributed by atoms with E-state index in [0.717, 1.165) is 16.3 Å². The highest BCUT2D eigenvalue weighted by Crippen LogP contribution is 2.23. The van der Waals surface area contributed by atoms with Gasteiger partial charge in [-0.15, -0.1) is 11.3 Å². The van der Waals surface area contributed by atoms with Crippen LogP contribution in [0.15, 0.2) is 29.6 Å². The zero-order chi connectivity index (χ0) is 9.26. The van der Waals surface area contributed by atoms with E-state index >= 15 is 0 Å². The Morgan fingerprint density at radius 1 is 1.38 bits per heavy atom. The Bertz CT molecular complexity index is 422. The van der Waals surface area contributed by atoms with E-state index < -0.39 is 0 Å². The van der Waals surface area contributed by atoms with Crippen molar-refractivity contribution in [3.8, 4) is 10.6 Å². The van der Waals surface area contributed by atoms with Crippen LogP contribution in [0.3, 0.4) is 0 Å². The third kappa shape index (κ3) is 1.75. The number of aryl methyl sites for hydroxylation is 1. The minimum absolute atomic E-state index is 0.217. The molecule has 0 atom stereocenters. The van der Waals surface area contributed by atoms with Crippen molar-refractivity contribution in [2.45, 2.75) is 6.92 Å². The summed E-state index contributed by atoms with van der Waals surface area (Å²) in [5.41, 5.74) is 1.82. The van der Waals surface area contributed by atoms with Crippen LogP contribution in [0, 0.1) is 12.7 Å². The molecule has 0 aliphatic heterocycles. The molecule has 1 aromatic carbocycles. The lowest BCUT2D eigenvalue weighted by Crippen LogP contribution is -1.78. The summed E-state index contributed by atoms with van der Waals surface area (Å²) in [6, 6.07) is 6.49. The molecule has 13 heavy (non-hydrogen) atoms. The Morgan fingerprint density at radius 2 is 2.23 bits per heavy atom. The van der Waals surface area contributed by atoms with Gasteiger partial charge in [-0.1, -0.05) is 12.1 Å². The molecule has 0 saturated heterocycles. The molecule has 0 aliphatic rings. The molecule has 0 spiro atoms. The molecular formula is C10H8FNS. The van der Waals surface area contributed by atoms with Gasteiger partial charge in [0.1, 0.15) is 10.8 Å². The first-order chi connectivity index (χ1) is 6.25. The Kier molecular flexibility index (Phi) is 2.10. The van der Waals surface area contributed by atoms with Crippen molar-refractivity contribution in [3.63, 3.8) is 0 Å². The number of nitrogens with zero attached hydrogens (tertiary/aromatic N) is 1. The highest BCUT2D eigenvalue weighted by atomic mass is 32.1. The number of rotatable bonds is 1. The number of hydrogen-bond donors (Lipinski definition) is 0. The van der Waals surface area contributed by atoms with Crippen molar-refractivity contribution < 1.29 is 4.39 Å². The smallest absolute Gasteiger partial charge is 0.123 e. The largest absolute Gasteiger partial charge is 0.241 e. The van der Waals surface area contributed by atoms with Crippen molar-refractivity contribution in [2.24, 2.45) is 0 Å². The lowest BCUT2D eigenvalue weighted by Gasteiger charge is -1.94. The molecule has 2 aromatic rings. The predicted octanol–water partition coefficient (Wildman–Crippen LogP) is 3.26. The highest BCUT2D eigenvalue weighted by molar-refractivity contribution is 7.13. The van der Waals surface area contributed by atoms with Gasteiger partial charge in [0.05, 0.1) is 0 Å². The van der Waals surface area contributed by atoms with Crippen molar-refractivity contribution in [2.75, 3.05) is 0 Å². The van der Waals surface area contributed by atoms with E-state index in [2.05, 4.69) is 4.98 Å². The van der Waals surface area contributed by atoms with Crippen LogP contribution in [-0.4, -0.2) is 4.98 Å². The van der Waals surface area contributed by atoms with E-state index in [1.54, 1.807) is 6.07 Å². The van der Waals surface area contributed by atoms with Crippen LogP contribution in [0.4, 0.5) is 4.39 Å². The molecule has 0 unspecified atom stereocenters. The average molecular weight is 193 g/mol. The molecule has 1 nitrogen and oxygen atoms in total. The Labute approximate surface area is 79.9 Å². The van der Waals surface area contributed by atoms with Crippen LogP contribution in [0.5, 0.6) is 0 Å². The summed E-state index contributed by atoms with van der Waals surface area (Å²) < 4.78 is 12.8. The molecule has 0 aliphatic carbocycles. The third-order valence-corrected chi connectivity index (χ3v) is 2.70. The van der Waals surface area contributed by atoms with Crippen LogP contribution in [0.1, 0.15) is 5.69 Å². The van der Waals surface area contributed by atoms with E-state index in [0.29, 0.717) is 0 Å². The maximum atomic E-state index is 12.8. The van der Waals surface area contributed by atoms with Gasteiger partial charge in [0.15, 0.2) is 0 Å². The van der Waals surface area contributed by atoms with Crippen LogP contribution >= 0.6 is 11.3 Å². The number of hydrogen-bond acceptors (Lipinski definition) is 2. The van der Waals surface area contributed by atoms with E-state index in [9.17, 15) is 4.39 Å². The fourth-order valence-corrected chi connectivity index (χ4v) is 1.90. The zero-order valence-corrected chi connectivity index (χ0v) is 7.94. The van der Waals surface area contributed by atoms with E-state index in [-0.39, 0.29) is 5.82 Å². The van der Waals surface area contributed by atoms with Gasteiger partial charge in [-0.25, -0.2) is 9.37 Å². The van der Waals surface area contributed by atoms with Gasteiger partial charge < -0.3 is 0 Å². The number of halogens is 1. The van der Waals surface area contributed by atoms with Gasteiger partial charge in [0.2, 0.25) is 0 Å². The zero-order valence-electron chi connectivity index (χ0n) is 7.12. The lowest BCUT2D eigenvalue weighted by molar-refractivity contribution is 0.628. The molecule has 1 aromatic heterocycles. The van der Waals surface area contributed by atoms with Gasteiger partial charge in [-0.3, -0.25) is 0 Å². The number of thiazole rings is 1. The third-order valence-electron chi connectivity index (χ3n) is 1.69. The van der Waals surface area contributed by atoms with E-state index in [1.807, 2.05) is 18.4 Å². The molecule has 0 saturated carbocycles. The summed E-state index contributed by atoms with van der Waals surface area (Å²) >= 11 is 1.53. The van der Waals surface area contributed by atoms with E-state index in [1.165, 1.54) is 23.5 Å². The highest BCUT2D eigenvalue weighted by Gasteiger charge is 2.02. The second-order valence-corrected chi connectivity index (χ2v) is 3.66. The number of aromatic nitrogens is 1. The summed E-state index contributed by atoms with van der Waals surface area (Å²) in [6.45, 7) is 1.93. The van der Waals surface area contributed by atoms with Gasteiger partial charge in [-0.2, -0.15) is 0 Å². The topological polar surface area (TPSA) is 12.9 Å². The van der Waals surface area contributed by atoms with Crippen molar-refractivity contribution in [1.82, 2.24) is 4.98 Å². The minimum atomic E-state index is -0.217. The van der Waals surface area contributed by atoms with Gasteiger partial charge in [0.25, 0.3) is 0 Å². The van der Waals surface area contributed by atoms with Crippen LogP contribution in [-0.2, 0) is 0 Å². The second-order valence-electron chi connectivity index (χ2n) is 2.80. The van der Waals surface area contributed by atoms with Crippen molar-refractivity contribution in [3.05, 3.63) is 41.2 Å². The Balaban J connectivity index is 2.46. The molecular weight excluding hydrogens is 185 g/mol. The van der Waals surface area contributed by atoms with Crippen molar-refractivity contribution >= 4 is 11.3 Å². The van der Waals surface area contributed by atoms with Crippen LogP contribution in [0.25, 0.3) is 10.6 Å². The maximum absolute atomic E-state index is 12.8. The molecule has 2 rings (SSSR count). The monoisotopic (exact) mass is 193 g/mol. The summed E-state index contributed by atoms with van der Waals surface area (Å²) in [4.78, 5) is 4.27. The lowest BCUT2D eigenvalue weighted by atomic mass is 10.2. The van der Waals surface area contributed by atoms with Crippen molar-refractivity contribution in [1.29, 1.82) is 0 Å². The SMILES string of the molecule is Cc1csc(-c2cccc(F)c2)n1. The molecule has 3 heteroatoms. The summed E-state index contributed by atoms with van der Waals surface area (Å²) in [7, 11) is 0. The Morgan fingerprint density at radius 3 is 2.85 bits per heavy atom. The fraction of sp³-hybridized carbons (Fsp3) is 0.100. The molecule has 0 radical (unpaired) electrons. The average Bonchev–Trinajstić information content (AvgIpc) is 2.52. The second kappa shape index (κ2) is 3.26. The van der Waals surface area contributed by atoms with Gasteiger partial charge in [-0.05, 0) is 19.1 Å². The van der Waals surface area contributed by atoms with Gasteiger partial charge in [0, 0.05) is 16.6 Å². The first-order valence-electron chi connectivity index (χ1n) is 3.94. The molecule has 0 fully saturated rings. The summed E-state index contributed by atoms with van der Waals surface area (Å²) in [5.74, 6) is -0.217. The maximum Gasteiger partial charge on any atom is 0.123 e. The van der Waals surface area contributed by atoms with Crippen LogP contribution in [0.2, 0.25) is 0 Å². The first-order valence-corrected chi connectivity index (χ1v) is 4.82. The first kappa shape index (κ1) is 8.38.